The van der Waals surface area contributed by atoms with Crippen molar-refractivity contribution >= 4 is 28.6 Å². The Morgan fingerprint density at radius 2 is 1.63 bits per heavy atom. The average molecular weight is 406 g/mol. The second kappa shape index (κ2) is 8.52. The summed E-state index contributed by atoms with van der Waals surface area (Å²) in [4.78, 5) is 36.5. The maximum atomic E-state index is 12.3. The first-order chi connectivity index (χ1) is 14.6. The zero-order valence-electron chi connectivity index (χ0n) is 15.8. The smallest absolute Gasteiger partial charge is 0.339 e. The van der Waals surface area contributed by atoms with Crippen LogP contribution in [0.4, 0.5) is 0 Å². The molecule has 0 fully saturated rings. The van der Waals surface area contributed by atoms with Gasteiger partial charge in [0.15, 0.2) is 18.1 Å². The van der Waals surface area contributed by atoms with Gasteiger partial charge in [-0.1, -0.05) is 48.5 Å². The topological polar surface area (TPSA) is 103 Å². The van der Waals surface area contributed by atoms with Crippen LogP contribution in [0.3, 0.4) is 0 Å². The normalized spacial score (nSPS) is 14.6. The lowest BCUT2D eigenvalue weighted by Gasteiger charge is -2.25. The second-order valence-corrected chi connectivity index (χ2v) is 6.50. The molecular formula is C22H18N2O6. The Morgan fingerprint density at radius 3 is 2.50 bits per heavy atom. The van der Waals surface area contributed by atoms with Gasteiger partial charge in [0.05, 0.1) is 5.56 Å². The molecule has 8 nitrogen and oxygen atoms in total. The minimum atomic E-state index is -0.918. The Morgan fingerprint density at radius 1 is 0.900 bits per heavy atom. The predicted octanol–water partition coefficient (Wildman–Crippen LogP) is 1.98. The molecule has 1 heterocycles. The maximum absolute atomic E-state index is 12.3. The average Bonchev–Trinajstić information content (AvgIpc) is 2.80. The monoisotopic (exact) mass is 406 g/mol. The number of esters is 1. The van der Waals surface area contributed by atoms with E-state index in [4.69, 9.17) is 14.2 Å². The number of hydrogen-bond donors (Lipinski definition) is 2. The second-order valence-electron chi connectivity index (χ2n) is 6.50. The summed E-state index contributed by atoms with van der Waals surface area (Å²) in [6.45, 7) is -0.540. The van der Waals surface area contributed by atoms with E-state index in [2.05, 4.69) is 10.9 Å². The standard InChI is InChI=1S/C22H18N2O6/c25-20(13-29-22(27)16-9-5-7-14-6-1-2-8-15(14)16)23-24-21(26)19-12-28-17-10-3-4-11-18(17)30-19/h1-11,19H,12-13H2,(H,23,25)(H,24,26). The number of para-hydroxylation sites is 2. The van der Waals surface area contributed by atoms with Crippen LogP contribution in [0.25, 0.3) is 10.8 Å². The van der Waals surface area contributed by atoms with E-state index in [0.717, 1.165) is 10.8 Å². The SMILES string of the molecule is O=C(COC(=O)c1cccc2ccccc12)NNC(=O)C1COc2ccccc2O1. The summed E-state index contributed by atoms with van der Waals surface area (Å²) in [5.41, 5.74) is 4.80. The molecule has 0 aliphatic carbocycles. The van der Waals surface area contributed by atoms with Gasteiger partial charge in [0.2, 0.25) is 6.10 Å². The first-order valence-corrected chi connectivity index (χ1v) is 9.24. The van der Waals surface area contributed by atoms with Gasteiger partial charge in [-0.3, -0.25) is 20.4 Å². The van der Waals surface area contributed by atoms with Gasteiger partial charge in [0, 0.05) is 0 Å². The molecule has 0 aromatic heterocycles. The van der Waals surface area contributed by atoms with E-state index in [-0.39, 0.29) is 6.61 Å². The third kappa shape index (κ3) is 4.17. The molecule has 1 aliphatic rings. The van der Waals surface area contributed by atoms with E-state index in [1.165, 1.54) is 0 Å². The highest BCUT2D eigenvalue weighted by atomic mass is 16.6. The summed E-state index contributed by atoms with van der Waals surface area (Å²) in [5, 5.41) is 1.62. The molecule has 3 aromatic rings. The molecule has 2 N–H and O–H groups in total. The summed E-state index contributed by atoms with van der Waals surface area (Å²) >= 11 is 0. The zero-order valence-corrected chi connectivity index (χ0v) is 15.8. The highest BCUT2D eigenvalue weighted by molar-refractivity contribution is 6.04. The highest BCUT2D eigenvalue weighted by Gasteiger charge is 2.27. The zero-order chi connectivity index (χ0) is 20.9. The summed E-state index contributed by atoms with van der Waals surface area (Å²) in [7, 11) is 0. The summed E-state index contributed by atoms with van der Waals surface area (Å²) in [6, 6.07) is 19.6. The molecule has 0 saturated heterocycles. The lowest BCUT2D eigenvalue weighted by Crippen LogP contribution is -2.51. The Kier molecular flexibility index (Phi) is 5.47. The van der Waals surface area contributed by atoms with E-state index < -0.39 is 30.5 Å². The van der Waals surface area contributed by atoms with Gasteiger partial charge in [-0.2, -0.15) is 0 Å². The van der Waals surface area contributed by atoms with Crippen molar-refractivity contribution < 1.29 is 28.6 Å². The van der Waals surface area contributed by atoms with Crippen LogP contribution in [-0.4, -0.2) is 37.1 Å². The largest absolute Gasteiger partial charge is 0.485 e. The predicted molar refractivity (Wildman–Crippen MR) is 107 cm³/mol. The van der Waals surface area contributed by atoms with E-state index in [9.17, 15) is 14.4 Å². The lowest BCUT2D eigenvalue weighted by atomic mass is 10.1. The number of amides is 2. The Balaban J connectivity index is 1.27. The fraction of sp³-hybridized carbons (Fsp3) is 0.136. The van der Waals surface area contributed by atoms with Crippen LogP contribution in [0.2, 0.25) is 0 Å². The van der Waals surface area contributed by atoms with E-state index >= 15 is 0 Å². The van der Waals surface area contributed by atoms with Crippen molar-refractivity contribution in [3.8, 4) is 11.5 Å². The molecule has 0 spiro atoms. The molecule has 4 rings (SSSR count). The minimum absolute atomic E-state index is 0.00871. The van der Waals surface area contributed by atoms with Crippen LogP contribution in [0.1, 0.15) is 10.4 Å². The molecule has 0 radical (unpaired) electrons. The molecule has 3 aromatic carbocycles. The first kappa shape index (κ1) is 19.3. The van der Waals surface area contributed by atoms with Crippen molar-refractivity contribution in [3.05, 3.63) is 72.3 Å². The van der Waals surface area contributed by atoms with Crippen LogP contribution in [0.5, 0.6) is 11.5 Å². The fourth-order valence-corrected chi connectivity index (χ4v) is 3.01. The van der Waals surface area contributed by atoms with Crippen molar-refractivity contribution in [1.29, 1.82) is 0 Å². The fourth-order valence-electron chi connectivity index (χ4n) is 3.01. The molecule has 1 unspecified atom stereocenters. The number of carbonyl (C=O) groups excluding carboxylic acids is 3. The number of carbonyl (C=O) groups is 3. The van der Waals surface area contributed by atoms with Crippen LogP contribution in [-0.2, 0) is 14.3 Å². The molecule has 152 valence electrons. The molecule has 0 bridgehead atoms. The van der Waals surface area contributed by atoms with Crippen LogP contribution < -0.4 is 20.3 Å². The van der Waals surface area contributed by atoms with Gasteiger partial charge in [-0.15, -0.1) is 0 Å². The quantitative estimate of drug-likeness (QED) is 0.507. The number of fused-ring (bicyclic) bond motifs is 2. The van der Waals surface area contributed by atoms with E-state index in [1.807, 2.05) is 24.3 Å². The number of nitrogens with one attached hydrogen (secondary N) is 2. The lowest BCUT2D eigenvalue weighted by molar-refractivity contribution is -0.135. The molecule has 8 heteroatoms. The third-order valence-electron chi connectivity index (χ3n) is 4.47. The van der Waals surface area contributed by atoms with Crippen molar-refractivity contribution in [2.75, 3.05) is 13.2 Å². The Labute approximate surface area is 171 Å². The van der Waals surface area contributed by atoms with E-state index in [1.54, 1.807) is 42.5 Å². The van der Waals surface area contributed by atoms with Crippen LogP contribution in [0, 0.1) is 0 Å². The van der Waals surface area contributed by atoms with Gasteiger partial charge in [-0.25, -0.2) is 4.79 Å². The summed E-state index contributed by atoms with van der Waals surface area (Å²) < 4.78 is 16.1. The van der Waals surface area contributed by atoms with Crippen molar-refractivity contribution in [1.82, 2.24) is 10.9 Å². The van der Waals surface area contributed by atoms with Gasteiger partial charge in [-0.05, 0) is 29.0 Å². The van der Waals surface area contributed by atoms with Crippen LogP contribution in [0.15, 0.2) is 66.7 Å². The van der Waals surface area contributed by atoms with Gasteiger partial charge >= 0.3 is 5.97 Å². The number of ether oxygens (including phenoxy) is 3. The van der Waals surface area contributed by atoms with Crippen LogP contribution >= 0.6 is 0 Å². The van der Waals surface area contributed by atoms with Crippen molar-refractivity contribution in [2.45, 2.75) is 6.10 Å². The highest BCUT2D eigenvalue weighted by Crippen LogP contribution is 2.30. The molecule has 1 aliphatic heterocycles. The number of rotatable bonds is 4. The summed E-state index contributed by atoms with van der Waals surface area (Å²) in [5.74, 6) is -0.911. The van der Waals surface area contributed by atoms with Crippen molar-refractivity contribution in [2.24, 2.45) is 0 Å². The molecule has 30 heavy (non-hydrogen) atoms. The summed E-state index contributed by atoms with van der Waals surface area (Å²) in [6.07, 6.45) is -0.918. The number of hydrogen-bond acceptors (Lipinski definition) is 6. The molecule has 0 saturated carbocycles. The molecular weight excluding hydrogens is 388 g/mol. The third-order valence-corrected chi connectivity index (χ3v) is 4.47. The maximum Gasteiger partial charge on any atom is 0.339 e. The van der Waals surface area contributed by atoms with E-state index in [0.29, 0.717) is 17.1 Å². The van der Waals surface area contributed by atoms with Gasteiger partial charge < -0.3 is 14.2 Å². The van der Waals surface area contributed by atoms with Gasteiger partial charge in [0.1, 0.15) is 6.61 Å². The minimum Gasteiger partial charge on any atom is -0.485 e. The van der Waals surface area contributed by atoms with Crippen molar-refractivity contribution in [3.63, 3.8) is 0 Å². The molecule has 1 atom stereocenters. The number of hydrazine groups is 1. The Bertz CT molecular complexity index is 1110. The number of benzene rings is 3. The van der Waals surface area contributed by atoms with Gasteiger partial charge in [0.25, 0.3) is 11.8 Å². The molecule has 2 amide bonds. The first-order valence-electron chi connectivity index (χ1n) is 9.24. The Hall–Kier alpha value is -4.07.